The molecule has 120 valence electrons. The Morgan fingerprint density at radius 2 is 1.96 bits per heavy atom. The monoisotopic (exact) mass is 389 g/mol. The number of benzene rings is 2. The van der Waals surface area contributed by atoms with Crippen molar-refractivity contribution in [3.63, 3.8) is 0 Å². The maximum absolute atomic E-state index is 12.9. The molecule has 0 saturated heterocycles. The smallest absolute Gasteiger partial charge is 0.270 e. The number of amides is 1. The molecule has 0 fully saturated rings. The van der Waals surface area contributed by atoms with E-state index in [9.17, 15) is 19.3 Å². The van der Waals surface area contributed by atoms with E-state index in [-0.39, 0.29) is 16.9 Å². The molecule has 0 aromatic heterocycles. The van der Waals surface area contributed by atoms with Crippen LogP contribution in [0.25, 0.3) is 6.08 Å². The molecule has 0 heterocycles. The number of nitriles is 1. The molecule has 8 heteroatoms. The van der Waals surface area contributed by atoms with Crippen LogP contribution >= 0.6 is 15.9 Å². The summed E-state index contributed by atoms with van der Waals surface area (Å²) in [6, 6.07) is 10.9. The second kappa shape index (κ2) is 7.48. The van der Waals surface area contributed by atoms with E-state index in [0.717, 1.165) is 0 Å². The van der Waals surface area contributed by atoms with E-state index < -0.39 is 16.6 Å². The van der Waals surface area contributed by atoms with Crippen molar-refractivity contribution in [3.05, 3.63) is 74.0 Å². The fourth-order valence-corrected chi connectivity index (χ4v) is 2.25. The predicted octanol–water partition coefficient (Wildman–Crippen LogP) is 4.04. The van der Waals surface area contributed by atoms with Gasteiger partial charge in [-0.1, -0.05) is 12.1 Å². The Hall–Kier alpha value is -3.05. The van der Waals surface area contributed by atoms with Crippen LogP contribution in [-0.4, -0.2) is 10.8 Å². The molecule has 0 aliphatic heterocycles. The molecule has 0 spiro atoms. The molecule has 0 aliphatic rings. The van der Waals surface area contributed by atoms with E-state index in [0.29, 0.717) is 10.0 Å². The molecule has 2 aromatic carbocycles. The van der Waals surface area contributed by atoms with Gasteiger partial charge in [0.2, 0.25) is 0 Å². The van der Waals surface area contributed by atoms with Crippen molar-refractivity contribution in [2.45, 2.75) is 0 Å². The Morgan fingerprint density at radius 1 is 1.29 bits per heavy atom. The highest BCUT2D eigenvalue weighted by Crippen LogP contribution is 2.27. The third-order valence-electron chi connectivity index (χ3n) is 2.96. The zero-order valence-corrected chi connectivity index (χ0v) is 13.6. The van der Waals surface area contributed by atoms with Crippen LogP contribution in [0, 0.1) is 27.3 Å². The summed E-state index contributed by atoms with van der Waals surface area (Å²) in [5.41, 5.74) is 0.450. The van der Waals surface area contributed by atoms with Gasteiger partial charge >= 0.3 is 0 Å². The molecular formula is C16H9BrFN3O3. The van der Waals surface area contributed by atoms with Crippen LogP contribution in [0.3, 0.4) is 0 Å². The maximum atomic E-state index is 12.9. The van der Waals surface area contributed by atoms with Gasteiger partial charge in [0, 0.05) is 16.6 Å². The largest absolute Gasteiger partial charge is 0.320 e. The number of nitrogens with zero attached hydrogens (tertiary/aromatic N) is 2. The topological polar surface area (TPSA) is 96.0 Å². The van der Waals surface area contributed by atoms with E-state index >= 15 is 0 Å². The molecule has 6 nitrogen and oxygen atoms in total. The van der Waals surface area contributed by atoms with E-state index in [1.807, 2.05) is 0 Å². The number of carbonyl (C=O) groups excluding carboxylic acids is 1. The number of rotatable bonds is 4. The van der Waals surface area contributed by atoms with Gasteiger partial charge in [0.15, 0.2) is 0 Å². The van der Waals surface area contributed by atoms with Crippen molar-refractivity contribution in [2.75, 3.05) is 5.32 Å². The first-order chi connectivity index (χ1) is 11.4. The minimum Gasteiger partial charge on any atom is -0.320 e. The van der Waals surface area contributed by atoms with Gasteiger partial charge in [0.05, 0.1) is 10.6 Å². The highest BCUT2D eigenvalue weighted by molar-refractivity contribution is 9.10. The number of hydrogen-bond donors (Lipinski definition) is 1. The van der Waals surface area contributed by atoms with Gasteiger partial charge in [0.1, 0.15) is 17.5 Å². The second-order valence-electron chi connectivity index (χ2n) is 4.60. The fourth-order valence-electron chi connectivity index (χ4n) is 1.78. The minimum absolute atomic E-state index is 0.137. The summed E-state index contributed by atoms with van der Waals surface area (Å²) in [4.78, 5) is 22.3. The molecule has 0 unspecified atom stereocenters. The van der Waals surface area contributed by atoms with Gasteiger partial charge in [-0.3, -0.25) is 14.9 Å². The van der Waals surface area contributed by atoms with Gasteiger partial charge < -0.3 is 5.32 Å². The Kier molecular flexibility index (Phi) is 5.39. The van der Waals surface area contributed by atoms with E-state index in [1.54, 1.807) is 6.07 Å². The first-order valence-electron chi connectivity index (χ1n) is 6.53. The zero-order chi connectivity index (χ0) is 17.7. The number of nitro benzene ring substituents is 1. The van der Waals surface area contributed by atoms with Crippen molar-refractivity contribution < 1.29 is 14.1 Å². The van der Waals surface area contributed by atoms with Crippen molar-refractivity contribution in [2.24, 2.45) is 0 Å². The third-order valence-corrected chi connectivity index (χ3v) is 3.61. The number of hydrogen-bond acceptors (Lipinski definition) is 4. The number of non-ortho nitro benzene ring substituents is 1. The molecule has 0 bridgehead atoms. The third kappa shape index (κ3) is 4.24. The van der Waals surface area contributed by atoms with Crippen LogP contribution in [0.2, 0.25) is 0 Å². The lowest BCUT2D eigenvalue weighted by Crippen LogP contribution is -2.13. The van der Waals surface area contributed by atoms with E-state index in [2.05, 4.69) is 21.2 Å². The Labute approximate surface area is 144 Å². The Bertz CT molecular complexity index is 873. The molecule has 24 heavy (non-hydrogen) atoms. The molecular weight excluding hydrogens is 381 g/mol. The molecule has 0 atom stereocenters. The van der Waals surface area contributed by atoms with Gasteiger partial charge in [-0.15, -0.1) is 0 Å². The van der Waals surface area contributed by atoms with Gasteiger partial charge in [-0.2, -0.15) is 5.26 Å². The summed E-state index contributed by atoms with van der Waals surface area (Å²) in [7, 11) is 0. The summed E-state index contributed by atoms with van der Waals surface area (Å²) in [6.45, 7) is 0. The maximum Gasteiger partial charge on any atom is 0.270 e. The highest BCUT2D eigenvalue weighted by atomic mass is 79.9. The average Bonchev–Trinajstić information content (AvgIpc) is 2.55. The van der Waals surface area contributed by atoms with Crippen LogP contribution < -0.4 is 5.32 Å². The minimum atomic E-state index is -0.684. The molecule has 1 N–H and O–H groups in total. The van der Waals surface area contributed by atoms with Crippen LogP contribution in [0.4, 0.5) is 15.8 Å². The number of nitrogens with one attached hydrogen (secondary N) is 1. The summed E-state index contributed by atoms with van der Waals surface area (Å²) >= 11 is 3.13. The van der Waals surface area contributed by atoms with Crippen molar-refractivity contribution in [1.29, 1.82) is 5.26 Å². The van der Waals surface area contributed by atoms with Gasteiger partial charge in [-0.05, 0) is 45.8 Å². The number of nitro groups is 1. The number of anilines is 1. The van der Waals surface area contributed by atoms with Crippen molar-refractivity contribution >= 4 is 39.3 Å². The van der Waals surface area contributed by atoms with Crippen molar-refractivity contribution in [1.82, 2.24) is 0 Å². The van der Waals surface area contributed by atoms with Gasteiger partial charge in [0.25, 0.3) is 11.6 Å². The fraction of sp³-hybridized carbons (Fsp3) is 0. The number of halogens is 2. The predicted molar refractivity (Wildman–Crippen MR) is 89.4 cm³/mol. The normalized spacial score (nSPS) is 10.8. The highest BCUT2D eigenvalue weighted by Gasteiger charge is 2.14. The lowest BCUT2D eigenvalue weighted by Gasteiger charge is -2.06. The van der Waals surface area contributed by atoms with Gasteiger partial charge in [-0.25, -0.2) is 4.39 Å². The quantitative estimate of drug-likeness (QED) is 0.369. The molecule has 0 aliphatic carbocycles. The van der Waals surface area contributed by atoms with Crippen LogP contribution in [0.5, 0.6) is 0 Å². The van der Waals surface area contributed by atoms with Crippen molar-refractivity contribution in [3.8, 4) is 6.07 Å². The van der Waals surface area contributed by atoms with Crippen LogP contribution in [0.1, 0.15) is 5.56 Å². The molecule has 2 aromatic rings. The SMILES string of the molecule is N#C/C(=C/c1ccc(F)cc1)C(=O)Nc1ccc([N+](=O)[O-])cc1Br. The van der Waals surface area contributed by atoms with Crippen LogP contribution in [-0.2, 0) is 4.79 Å². The molecule has 0 radical (unpaired) electrons. The molecule has 2 rings (SSSR count). The average molecular weight is 390 g/mol. The van der Waals surface area contributed by atoms with E-state index in [1.165, 1.54) is 48.5 Å². The van der Waals surface area contributed by atoms with E-state index in [4.69, 9.17) is 5.26 Å². The summed E-state index contributed by atoms with van der Waals surface area (Å²) in [6.07, 6.45) is 1.31. The second-order valence-corrected chi connectivity index (χ2v) is 5.45. The lowest BCUT2D eigenvalue weighted by molar-refractivity contribution is -0.384. The molecule has 0 saturated carbocycles. The number of carbonyl (C=O) groups is 1. The summed E-state index contributed by atoms with van der Waals surface area (Å²) in [5.74, 6) is -1.11. The molecule has 1 amide bonds. The van der Waals surface area contributed by atoms with Crippen LogP contribution in [0.15, 0.2) is 52.5 Å². The Morgan fingerprint density at radius 3 is 2.50 bits per heavy atom. The summed E-state index contributed by atoms with van der Waals surface area (Å²) in [5, 5.41) is 22.3. The summed E-state index contributed by atoms with van der Waals surface area (Å²) < 4.78 is 13.2. The first kappa shape index (κ1) is 17.3. The standard InChI is InChI=1S/C16H9BrFN3O3/c17-14-8-13(21(23)24)5-6-15(14)20-16(22)11(9-19)7-10-1-3-12(18)4-2-10/h1-8H,(H,20,22)/b11-7-. The zero-order valence-electron chi connectivity index (χ0n) is 12.0. The lowest BCUT2D eigenvalue weighted by atomic mass is 10.1. The first-order valence-corrected chi connectivity index (χ1v) is 7.32. The Balaban J connectivity index is 2.22.